The number of hydrogen-bond acceptors (Lipinski definition) is 6. The number of ketones is 1. The van der Waals surface area contributed by atoms with Crippen molar-refractivity contribution in [1.29, 1.82) is 0 Å². The Morgan fingerprint density at radius 2 is 1.97 bits per heavy atom. The van der Waals surface area contributed by atoms with Gasteiger partial charge in [-0.2, -0.15) is 0 Å². The van der Waals surface area contributed by atoms with Crippen LogP contribution in [0.1, 0.15) is 45.9 Å². The second-order valence-electron chi connectivity index (χ2n) is 7.29. The number of nitrogens with one attached hydrogen (secondary N) is 1. The number of oxazole rings is 1. The van der Waals surface area contributed by atoms with Crippen LogP contribution in [-0.4, -0.2) is 35.0 Å². The highest BCUT2D eigenvalue weighted by Crippen LogP contribution is 2.27. The number of carbonyl (C=O) groups is 3. The quantitative estimate of drug-likeness (QED) is 0.304. The van der Waals surface area contributed by atoms with Crippen LogP contribution in [0.3, 0.4) is 0 Å². The topological polar surface area (TPSA) is 115 Å². The van der Waals surface area contributed by atoms with Crippen molar-refractivity contribution in [3.05, 3.63) is 71.4 Å². The number of halogens is 2. The fraction of sp³-hybridized carbons (Fsp3) is 0.261. The van der Waals surface area contributed by atoms with E-state index in [1.165, 1.54) is 41.8 Å². The second kappa shape index (κ2) is 11.0. The van der Waals surface area contributed by atoms with Gasteiger partial charge in [0.2, 0.25) is 17.6 Å². The fourth-order valence-corrected chi connectivity index (χ4v) is 3.75. The molecular weight excluding hydrogens is 452 g/mol. The molecule has 0 fully saturated rings. The minimum atomic E-state index is -3.23. The van der Waals surface area contributed by atoms with Gasteiger partial charge in [-0.05, 0) is 29.5 Å². The van der Waals surface area contributed by atoms with Crippen LogP contribution >= 0.6 is 11.3 Å². The summed E-state index contributed by atoms with van der Waals surface area (Å²) in [5.41, 5.74) is 5.37. The highest BCUT2D eigenvalue weighted by atomic mass is 32.1. The first-order valence-corrected chi connectivity index (χ1v) is 11.0. The average molecular weight is 475 g/mol. The lowest BCUT2D eigenvalue weighted by Gasteiger charge is -2.17. The molecule has 2 aromatic heterocycles. The molecule has 0 aliphatic heterocycles. The van der Waals surface area contributed by atoms with Gasteiger partial charge in [0.15, 0.2) is 5.76 Å². The lowest BCUT2D eigenvalue weighted by atomic mass is 9.98. The Morgan fingerprint density at radius 3 is 2.70 bits per heavy atom. The monoisotopic (exact) mass is 474 g/mol. The molecule has 0 aliphatic carbocycles. The standard InChI is InChI=1S/C23H22F2N3O4S/c24-23(25,13-15-5-1-2-6-16(15)21(26)31)10-9-20(30)27-11-3-7-17(29)22-28-14-18(32-22)19-8-4-12-33-19/h1-2,4-6,8-9,12,14H,3,7,10-11,13H2,(H2,26,31)(H,27,30). The number of alkyl halides is 2. The van der Waals surface area contributed by atoms with Crippen molar-refractivity contribution < 1.29 is 27.6 Å². The molecule has 2 heterocycles. The van der Waals surface area contributed by atoms with Crippen LogP contribution in [-0.2, 0) is 11.2 Å². The Morgan fingerprint density at radius 1 is 1.18 bits per heavy atom. The number of amides is 2. The largest absolute Gasteiger partial charge is 0.433 e. The van der Waals surface area contributed by atoms with E-state index in [9.17, 15) is 23.2 Å². The van der Waals surface area contributed by atoms with Crippen LogP contribution in [0.4, 0.5) is 8.78 Å². The van der Waals surface area contributed by atoms with E-state index in [2.05, 4.69) is 10.3 Å². The third kappa shape index (κ3) is 7.04. The summed E-state index contributed by atoms with van der Waals surface area (Å²) in [6.45, 7) is 0.135. The molecule has 0 bridgehead atoms. The Bertz CT molecular complexity index is 1110. The summed E-state index contributed by atoms with van der Waals surface area (Å²) in [5.74, 6) is -4.49. The Hall–Kier alpha value is -3.40. The first kappa shape index (κ1) is 24.2. The molecule has 3 rings (SSSR count). The van der Waals surface area contributed by atoms with Crippen LogP contribution in [0, 0.1) is 6.42 Å². The average Bonchev–Trinajstić information content (AvgIpc) is 3.47. The third-order valence-corrected chi connectivity index (χ3v) is 5.59. The minimum Gasteiger partial charge on any atom is -0.433 e. The maximum Gasteiger partial charge on any atom is 0.263 e. The smallest absolute Gasteiger partial charge is 0.263 e. The van der Waals surface area contributed by atoms with Crippen LogP contribution in [0.2, 0.25) is 0 Å². The molecule has 0 atom stereocenters. The first-order chi connectivity index (χ1) is 15.7. The van der Waals surface area contributed by atoms with E-state index in [0.717, 1.165) is 11.3 Å². The SMILES string of the molecule is NC(=O)c1ccccc1CC(F)(F)C[CH]C(=O)NCCCC(=O)c1ncc(-c2cccs2)o1. The van der Waals surface area contributed by atoms with Crippen molar-refractivity contribution in [2.75, 3.05) is 6.54 Å². The van der Waals surface area contributed by atoms with Gasteiger partial charge in [0.05, 0.1) is 17.5 Å². The van der Waals surface area contributed by atoms with Crippen molar-refractivity contribution >= 4 is 28.9 Å². The van der Waals surface area contributed by atoms with E-state index in [-0.39, 0.29) is 35.8 Å². The van der Waals surface area contributed by atoms with Gasteiger partial charge in [0.1, 0.15) is 0 Å². The Kier molecular flexibility index (Phi) is 8.05. The van der Waals surface area contributed by atoms with Gasteiger partial charge < -0.3 is 15.5 Å². The van der Waals surface area contributed by atoms with E-state index in [0.29, 0.717) is 12.2 Å². The number of primary amides is 1. The summed E-state index contributed by atoms with van der Waals surface area (Å²) in [4.78, 5) is 40.3. The lowest BCUT2D eigenvalue weighted by Crippen LogP contribution is -2.29. The summed E-state index contributed by atoms with van der Waals surface area (Å²) in [6.07, 6.45) is 1.22. The maximum absolute atomic E-state index is 14.3. The number of hydrogen-bond donors (Lipinski definition) is 2. The summed E-state index contributed by atoms with van der Waals surface area (Å²) in [5, 5.41) is 4.36. The second-order valence-corrected chi connectivity index (χ2v) is 8.23. The molecule has 7 nitrogen and oxygen atoms in total. The number of nitrogens with zero attached hydrogens (tertiary/aromatic N) is 1. The molecule has 0 aliphatic rings. The van der Waals surface area contributed by atoms with E-state index >= 15 is 0 Å². The number of thiophene rings is 1. The number of benzene rings is 1. The van der Waals surface area contributed by atoms with Crippen LogP contribution in [0.25, 0.3) is 10.6 Å². The maximum atomic E-state index is 14.3. The molecule has 1 aromatic carbocycles. The summed E-state index contributed by atoms with van der Waals surface area (Å²) >= 11 is 1.46. The third-order valence-electron chi connectivity index (χ3n) is 4.71. The van der Waals surface area contributed by atoms with Crippen LogP contribution < -0.4 is 11.1 Å². The zero-order chi connectivity index (χ0) is 23.8. The number of Topliss-reactive ketones (excluding diaryl/α,β-unsaturated/α-hetero) is 1. The van der Waals surface area contributed by atoms with E-state index in [4.69, 9.17) is 10.2 Å². The Labute approximate surface area is 193 Å². The molecule has 10 heteroatoms. The van der Waals surface area contributed by atoms with E-state index in [1.54, 1.807) is 0 Å². The van der Waals surface area contributed by atoms with E-state index in [1.807, 2.05) is 17.5 Å². The number of nitrogens with two attached hydrogens (primary N) is 1. The lowest BCUT2D eigenvalue weighted by molar-refractivity contribution is -0.119. The molecule has 0 saturated carbocycles. The summed E-state index contributed by atoms with van der Waals surface area (Å²) in [7, 11) is 0. The predicted molar refractivity (Wildman–Crippen MR) is 119 cm³/mol. The zero-order valence-electron chi connectivity index (χ0n) is 17.6. The molecule has 0 saturated heterocycles. The van der Waals surface area contributed by atoms with Gasteiger partial charge in [-0.3, -0.25) is 14.4 Å². The van der Waals surface area contributed by atoms with Crippen molar-refractivity contribution in [2.24, 2.45) is 5.73 Å². The molecule has 33 heavy (non-hydrogen) atoms. The zero-order valence-corrected chi connectivity index (χ0v) is 18.4. The molecule has 2 amide bonds. The predicted octanol–water partition coefficient (Wildman–Crippen LogP) is 4.05. The fourth-order valence-electron chi connectivity index (χ4n) is 3.08. The van der Waals surface area contributed by atoms with Crippen molar-refractivity contribution in [2.45, 2.75) is 31.6 Å². The molecule has 173 valence electrons. The summed E-state index contributed by atoms with van der Waals surface area (Å²) in [6, 6.07) is 9.58. The minimum absolute atomic E-state index is 0.00725. The normalized spacial score (nSPS) is 11.3. The van der Waals surface area contributed by atoms with Gasteiger partial charge >= 0.3 is 0 Å². The molecule has 0 spiro atoms. The first-order valence-electron chi connectivity index (χ1n) is 10.1. The summed E-state index contributed by atoms with van der Waals surface area (Å²) < 4.78 is 34.0. The van der Waals surface area contributed by atoms with Crippen LogP contribution in [0.5, 0.6) is 0 Å². The Balaban J connectivity index is 1.38. The van der Waals surface area contributed by atoms with Crippen molar-refractivity contribution in [3.8, 4) is 10.6 Å². The van der Waals surface area contributed by atoms with Gasteiger partial charge in [0.25, 0.3) is 11.8 Å². The molecule has 1 radical (unpaired) electrons. The van der Waals surface area contributed by atoms with Crippen molar-refractivity contribution in [1.82, 2.24) is 10.3 Å². The number of rotatable bonds is 12. The molecule has 0 unspecified atom stereocenters. The molecule has 3 aromatic rings. The van der Waals surface area contributed by atoms with Crippen LogP contribution in [0.15, 0.2) is 52.4 Å². The molecular formula is C23H22F2N3O4S. The molecule has 3 N–H and O–H groups in total. The highest BCUT2D eigenvalue weighted by Gasteiger charge is 2.31. The number of aromatic nitrogens is 1. The number of carbonyl (C=O) groups excluding carboxylic acids is 3. The van der Waals surface area contributed by atoms with Gasteiger partial charge in [0, 0.05) is 31.4 Å². The van der Waals surface area contributed by atoms with Gasteiger partial charge in [-0.25, -0.2) is 13.8 Å². The van der Waals surface area contributed by atoms with Gasteiger partial charge in [-0.1, -0.05) is 24.3 Å². The van der Waals surface area contributed by atoms with Gasteiger partial charge in [-0.15, -0.1) is 11.3 Å². The highest BCUT2D eigenvalue weighted by molar-refractivity contribution is 7.13. The van der Waals surface area contributed by atoms with E-state index < -0.39 is 30.6 Å². The van der Waals surface area contributed by atoms with Crippen molar-refractivity contribution in [3.63, 3.8) is 0 Å².